The van der Waals surface area contributed by atoms with Gasteiger partial charge in [0.25, 0.3) is 0 Å². The predicted octanol–water partition coefficient (Wildman–Crippen LogP) is 1.53. The van der Waals surface area contributed by atoms with E-state index in [1.807, 2.05) is 12.1 Å². The highest BCUT2D eigenvalue weighted by molar-refractivity contribution is 5.66. The Balaban J connectivity index is 2.17. The molecule has 1 aliphatic carbocycles. The number of methoxy groups -OCH3 is 1. The Morgan fingerprint density at radius 1 is 1.44 bits per heavy atom. The lowest BCUT2D eigenvalue weighted by Gasteiger charge is -2.11. The van der Waals surface area contributed by atoms with Gasteiger partial charge in [0, 0.05) is 12.5 Å². The molecular weight excluding hydrogens is 230 g/mol. The van der Waals surface area contributed by atoms with E-state index in [1.165, 1.54) is 16.7 Å². The average Bonchev–Trinajstić information content (AvgIpc) is 2.70. The maximum Gasteiger partial charge on any atom is 0.303 e. The number of hydrogen-bond donors (Lipinski definition) is 2. The van der Waals surface area contributed by atoms with Crippen LogP contribution in [0.1, 0.15) is 29.5 Å². The van der Waals surface area contributed by atoms with Gasteiger partial charge in [-0.25, -0.2) is 0 Å². The van der Waals surface area contributed by atoms with Crippen molar-refractivity contribution in [3.05, 3.63) is 28.8 Å². The molecule has 0 amide bonds. The van der Waals surface area contributed by atoms with Gasteiger partial charge < -0.3 is 15.6 Å². The highest BCUT2D eigenvalue weighted by atomic mass is 16.5. The van der Waals surface area contributed by atoms with Crippen LogP contribution in [0.15, 0.2) is 12.1 Å². The number of carboxylic acid groups (broad SMARTS) is 1. The summed E-state index contributed by atoms with van der Waals surface area (Å²) in [5.41, 5.74) is 9.70. The van der Waals surface area contributed by atoms with Crippen molar-refractivity contribution >= 4 is 5.97 Å². The van der Waals surface area contributed by atoms with E-state index < -0.39 is 5.97 Å². The molecule has 2 rings (SSSR count). The third-order valence-electron chi connectivity index (χ3n) is 3.47. The highest BCUT2D eigenvalue weighted by Gasteiger charge is 2.24. The summed E-state index contributed by atoms with van der Waals surface area (Å²) < 4.78 is 5.35. The lowest BCUT2D eigenvalue weighted by molar-refractivity contribution is -0.137. The first-order chi connectivity index (χ1) is 8.61. The summed E-state index contributed by atoms with van der Waals surface area (Å²) in [6.45, 7) is 0. The Hall–Kier alpha value is -1.55. The summed E-state index contributed by atoms with van der Waals surface area (Å²) in [4.78, 5) is 10.5. The molecule has 3 N–H and O–H groups in total. The largest absolute Gasteiger partial charge is 0.496 e. The molecule has 0 fully saturated rings. The number of nitrogens with two attached hydrogens (primary N) is 1. The molecule has 1 atom stereocenters. The second kappa shape index (κ2) is 5.40. The van der Waals surface area contributed by atoms with Crippen molar-refractivity contribution in [3.63, 3.8) is 0 Å². The molecule has 98 valence electrons. The molecule has 4 nitrogen and oxygen atoms in total. The van der Waals surface area contributed by atoms with Gasteiger partial charge in [0.2, 0.25) is 0 Å². The predicted molar refractivity (Wildman–Crippen MR) is 69.0 cm³/mol. The molecular formula is C14H19NO3. The Kier molecular flexibility index (Phi) is 3.87. The van der Waals surface area contributed by atoms with Crippen molar-refractivity contribution in [1.29, 1.82) is 0 Å². The molecule has 0 aliphatic heterocycles. The van der Waals surface area contributed by atoms with Crippen molar-refractivity contribution in [2.45, 2.75) is 38.1 Å². The zero-order valence-electron chi connectivity index (χ0n) is 10.6. The number of carbonyl (C=O) groups is 1. The van der Waals surface area contributed by atoms with Crippen LogP contribution in [0.3, 0.4) is 0 Å². The SMILES string of the molecule is COc1ccc(CCCC(=O)O)c2c1CC(N)C2. The van der Waals surface area contributed by atoms with E-state index in [1.54, 1.807) is 7.11 Å². The van der Waals surface area contributed by atoms with Crippen LogP contribution in [-0.4, -0.2) is 24.2 Å². The highest BCUT2D eigenvalue weighted by Crippen LogP contribution is 2.33. The van der Waals surface area contributed by atoms with Crippen LogP contribution in [-0.2, 0) is 24.1 Å². The molecule has 18 heavy (non-hydrogen) atoms. The van der Waals surface area contributed by atoms with E-state index in [0.29, 0.717) is 6.42 Å². The van der Waals surface area contributed by atoms with Crippen LogP contribution in [0.4, 0.5) is 0 Å². The van der Waals surface area contributed by atoms with E-state index in [2.05, 4.69) is 0 Å². The first kappa shape index (κ1) is 12.9. The molecule has 0 saturated heterocycles. The first-order valence-corrected chi connectivity index (χ1v) is 6.26. The van der Waals surface area contributed by atoms with Crippen molar-refractivity contribution in [2.75, 3.05) is 7.11 Å². The van der Waals surface area contributed by atoms with Crippen LogP contribution < -0.4 is 10.5 Å². The summed E-state index contributed by atoms with van der Waals surface area (Å²) in [5, 5.41) is 8.67. The van der Waals surface area contributed by atoms with Crippen LogP contribution in [0, 0.1) is 0 Å². The van der Waals surface area contributed by atoms with E-state index in [0.717, 1.165) is 25.0 Å². The van der Waals surface area contributed by atoms with Gasteiger partial charge >= 0.3 is 5.97 Å². The number of carboxylic acids is 1. The topological polar surface area (TPSA) is 72.5 Å². The molecule has 0 bridgehead atoms. The number of hydrogen-bond acceptors (Lipinski definition) is 3. The lowest BCUT2D eigenvalue weighted by Crippen LogP contribution is -2.19. The molecule has 1 aromatic carbocycles. The first-order valence-electron chi connectivity index (χ1n) is 6.26. The number of fused-ring (bicyclic) bond motifs is 1. The van der Waals surface area contributed by atoms with Gasteiger partial charge in [0.05, 0.1) is 7.11 Å². The standard InChI is InChI=1S/C14H19NO3/c1-18-13-6-5-9(3-2-4-14(16)17)11-7-10(15)8-12(11)13/h5-6,10H,2-4,7-8,15H2,1H3,(H,16,17). The number of aryl methyl sites for hydroxylation is 1. The maximum absolute atomic E-state index is 10.5. The van der Waals surface area contributed by atoms with E-state index in [-0.39, 0.29) is 12.5 Å². The molecule has 0 radical (unpaired) electrons. The molecule has 0 saturated carbocycles. The summed E-state index contributed by atoms with van der Waals surface area (Å²) in [6, 6.07) is 4.17. The van der Waals surface area contributed by atoms with Crippen molar-refractivity contribution < 1.29 is 14.6 Å². The summed E-state index contributed by atoms with van der Waals surface area (Å²) in [7, 11) is 1.67. The number of benzene rings is 1. The van der Waals surface area contributed by atoms with Crippen molar-refractivity contribution in [1.82, 2.24) is 0 Å². The Bertz CT molecular complexity index is 457. The monoisotopic (exact) mass is 249 g/mol. The smallest absolute Gasteiger partial charge is 0.303 e. The quantitative estimate of drug-likeness (QED) is 0.830. The fraction of sp³-hybridized carbons (Fsp3) is 0.500. The summed E-state index contributed by atoms with van der Waals surface area (Å²) in [6.07, 6.45) is 3.40. The second-order valence-corrected chi connectivity index (χ2v) is 4.80. The normalized spacial score (nSPS) is 17.6. The number of rotatable bonds is 5. The van der Waals surface area contributed by atoms with Crippen molar-refractivity contribution in [2.24, 2.45) is 5.73 Å². The van der Waals surface area contributed by atoms with Crippen LogP contribution in [0.5, 0.6) is 5.75 Å². The molecule has 4 heteroatoms. The van der Waals surface area contributed by atoms with Crippen LogP contribution in [0.2, 0.25) is 0 Å². The van der Waals surface area contributed by atoms with E-state index >= 15 is 0 Å². The Morgan fingerprint density at radius 3 is 2.83 bits per heavy atom. The van der Waals surface area contributed by atoms with Gasteiger partial charge in [-0.1, -0.05) is 6.07 Å². The fourth-order valence-electron chi connectivity index (χ4n) is 2.65. The zero-order valence-corrected chi connectivity index (χ0v) is 10.6. The van der Waals surface area contributed by atoms with Gasteiger partial charge in [-0.3, -0.25) is 4.79 Å². The summed E-state index contributed by atoms with van der Waals surface area (Å²) >= 11 is 0. The lowest BCUT2D eigenvalue weighted by atomic mass is 9.98. The van der Waals surface area contributed by atoms with Crippen LogP contribution in [0.25, 0.3) is 0 Å². The van der Waals surface area contributed by atoms with Crippen molar-refractivity contribution in [3.8, 4) is 5.75 Å². The van der Waals surface area contributed by atoms with Crippen LogP contribution >= 0.6 is 0 Å². The molecule has 1 unspecified atom stereocenters. The van der Waals surface area contributed by atoms with Gasteiger partial charge in [-0.2, -0.15) is 0 Å². The third-order valence-corrected chi connectivity index (χ3v) is 3.47. The fourth-order valence-corrected chi connectivity index (χ4v) is 2.65. The Labute approximate surface area is 107 Å². The third kappa shape index (κ3) is 2.64. The molecule has 0 heterocycles. The second-order valence-electron chi connectivity index (χ2n) is 4.80. The minimum absolute atomic E-state index is 0.162. The number of aliphatic carboxylic acids is 1. The minimum Gasteiger partial charge on any atom is -0.496 e. The van der Waals surface area contributed by atoms with Gasteiger partial charge in [0.1, 0.15) is 5.75 Å². The van der Waals surface area contributed by atoms with E-state index in [9.17, 15) is 4.79 Å². The van der Waals surface area contributed by atoms with E-state index in [4.69, 9.17) is 15.6 Å². The zero-order chi connectivity index (χ0) is 13.1. The average molecular weight is 249 g/mol. The molecule has 1 aliphatic rings. The molecule has 0 aromatic heterocycles. The molecule has 0 spiro atoms. The number of ether oxygens (including phenoxy) is 1. The van der Waals surface area contributed by atoms with Gasteiger partial charge in [0.15, 0.2) is 0 Å². The van der Waals surface area contributed by atoms with Gasteiger partial charge in [-0.15, -0.1) is 0 Å². The minimum atomic E-state index is -0.739. The Morgan fingerprint density at radius 2 is 2.17 bits per heavy atom. The maximum atomic E-state index is 10.5. The summed E-state index contributed by atoms with van der Waals surface area (Å²) in [5.74, 6) is 0.164. The molecule has 1 aromatic rings. The van der Waals surface area contributed by atoms with Gasteiger partial charge in [-0.05, 0) is 48.4 Å².